The number of hydrogen-bond donors (Lipinski definition) is 1. The van der Waals surface area contributed by atoms with Crippen molar-refractivity contribution >= 4 is 17.3 Å². The van der Waals surface area contributed by atoms with Crippen molar-refractivity contribution in [1.82, 2.24) is 9.78 Å². The molecule has 5 heteroatoms. The maximum Gasteiger partial charge on any atom is 0.292 e. The van der Waals surface area contributed by atoms with Crippen LogP contribution in [0.2, 0.25) is 5.02 Å². The Labute approximate surface area is 119 Å². The third-order valence-electron chi connectivity index (χ3n) is 2.81. The molecule has 0 fully saturated rings. The molecule has 1 N–H and O–H groups in total. The summed E-state index contributed by atoms with van der Waals surface area (Å²) in [5, 5.41) is 7.39. The Hall–Kier alpha value is -1.47. The zero-order valence-corrected chi connectivity index (χ0v) is 12.4. The van der Waals surface area contributed by atoms with E-state index in [1.165, 1.54) is 10.9 Å². The van der Waals surface area contributed by atoms with E-state index in [1.807, 2.05) is 6.92 Å². The molecule has 0 amide bonds. The number of anilines is 1. The zero-order valence-electron chi connectivity index (χ0n) is 11.6. The maximum atomic E-state index is 12.1. The van der Waals surface area contributed by atoms with Crippen molar-refractivity contribution in [2.45, 2.75) is 46.2 Å². The topological polar surface area (TPSA) is 46.9 Å². The predicted octanol–water partition coefficient (Wildman–Crippen LogP) is 2.77. The SMILES string of the molecule is C#CCn1ncc(Cl)c(NC(C)CCC(C)C)c1=O. The van der Waals surface area contributed by atoms with E-state index in [-0.39, 0.29) is 18.1 Å². The van der Waals surface area contributed by atoms with E-state index in [4.69, 9.17) is 18.0 Å². The predicted molar refractivity (Wildman–Crippen MR) is 79.5 cm³/mol. The van der Waals surface area contributed by atoms with Gasteiger partial charge in [-0.2, -0.15) is 5.10 Å². The summed E-state index contributed by atoms with van der Waals surface area (Å²) in [5.41, 5.74) is 0.102. The second-order valence-corrected chi connectivity index (χ2v) is 5.46. The van der Waals surface area contributed by atoms with Gasteiger partial charge in [-0.05, 0) is 25.7 Å². The van der Waals surface area contributed by atoms with Gasteiger partial charge in [-0.25, -0.2) is 4.68 Å². The van der Waals surface area contributed by atoms with Gasteiger partial charge in [0.1, 0.15) is 12.2 Å². The third kappa shape index (κ3) is 4.60. The summed E-state index contributed by atoms with van der Waals surface area (Å²) in [4.78, 5) is 12.1. The number of halogens is 1. The van der Waals surface area contributed by atoms with Crippen LogP contribution in [0, 0.1) is 18.3 Å². The van der Waals surface area contributed by atoms with Crippen molar-refractivity contribution in [3.05, 3.63) is 21.6 Å². The summed E-state index contributed by atoms with van der Waals surface area (Å²) in [6.07, 6.45) is 8.71. The van der Waals surface area contributed by atoms with Gasteiger partial charge in [0.05, 0.1) is 11.2 Å². The Morgan fingerprint density at radius 1 is 1.47 bits per heavy atom. The minimum Gasteiger partial charge on any atom is -0.377 e. The molecule has 1 unspecified atom stereocenters. The van der Waals surface area contributed by atoms with Crippen LogP contribution in [0.5, 0.6) is 0 Å². The van der Waals surface area contributed by atoms with Crippen LogP contribution in [0.4, 0.5) is 5.69 Å². The molecule has 1 heterocycles. The number of nitrogens with one attached hydrogen (secondary N) is 1. The third-order valence-corrected chi connectivity index (χ3v) is 3.09. The Morgan fingerprint density at radius 2 is 2.16 bits per heavy atom. The number of hydrogen-bond acceptors (Lipinski definition) is 3. The van der Waals surface area contributed by atoms with Crippen molar-refractivity contribution in [1.29, 1.82) is 0 Å². The van der Waals surface area contributed by atoms with E-state index < -0.39 is 0 Å². The average molecular weight is 282 g/mol. The molecule has 1 rings (SSSR count). The number of aromatic nitrogens is 2. The van der Waals surface area contributed by atoms with Gasteiger partial charge in [0.25, 0.3) is 5.56 Å². The van der Waals surface area contributed by atoms with Gasteiger partial charge in [0.15, 0.2) is 0 Å². The molecule has 4 nitrogen and oxygen atoms in total. The number of terminal acetylenes is 1. The molecule has 0 saturated carbocycles. The summed E-state index contributed by atoms with van der Waals surface area (Å²) >= 11 is 6.02. The first kappa shape index (κ1) is 15.6. The van der Waals surface area contributed by atoms with E-state index in [0.717, 1.165) is 12.8 Å². The average Bonchev–Trinajstić information content (AvgIpc) is 2.35. The highest BCUT2D eigenvalue weighted by Crippen LogP contribution is 2.18. The lowest BCUT2D eigenvalue weighted by Gasteiger charge is -2.17. The molecule has 1 aromatic heterocycles. The second-order valence-electron chi connectivity index (χ2n) is 5.05. The molecule has 104 valence electrons. The van der Waals surface area contributed by atoms with Crippen molar-refractivity contribution in [3.8, 4) is 12.3 Å². The smallest absolute Gasteiger partial charge is 0.292 e. The molecule has 0 aliphatic carbocycles. The largest absolute Gasteiger partial charge is 0.377 e. The van der Waals surface area contributed by atoms with Crippen molar-refractivity contribution < 1.29 is 0 Å². The van der Waals surface area contributed by atoms with Crippen LogP contribution in [-0.4, -0.2) is 15.8 Å². The molecule has 0 aromatic carbocycles. The Kier molecular flexibility index (Phi) is 5.91. The molecule has 1 aromatic rings. The first-order valence-electron chi connectivity index (χ1n) is 6.41. The van der Waals surface area contributed by atoms with Crippen LogP contribution in [0.1, 0.15) is 33.6 Å². The normalized spacial score (nSPS) is 12.2. The highest BCUT2D eigenvalue weighted by molar-refractivity contribution is 6.33. The van der Waals surface area contributed by atoms with Gasteiger partial charge in [-0.3, -0.25) is 4.79 Å². The summed E-state index contributed by atoms with van der Waals surface area (Å²) in [5.74, 6) is 3.03. The minimum absolute atomic E-state index is 0.144. The van der Waals surface area contributed by atoms with E-state index in [9.17, 15) is 4.79 Å². The van der Waals surface area contributed by atoms with E-state index >= 15 is 0 Å². The van der Waals surface area contributed by atoms with Crippen LogP contribution in [-0.2, 0) is 6.54 Å². The molecule has 0 aliphatic heterocycles. The maximum absolute atomic E-state index is 12.1. The van der Waals surface area contributed by atoms with E-state index in [0.29, 0.717) is 16.6 Å². The monoisotopic (exact) mass is 281 g/mol. The highest BCUT2D eigenvalue weighted by Gasteiger charge is 2.12. The Balaban J connectivity index is 2.85. The van der Waals surface area contributed by atoms with Crippen LogP contribution in [0.25, 0.3) is 0 Å². The lowest BCUT2D eigenvalue weighted by Crippen LogP contribution is -2.28. The Morgan fingerprint density at radius 3 is 2.74 bits per heavy atom. The molecule has 0 saturated heterocycles. The van der Waals surface area contributed by atoms with E-state index in [2.05, 4.69) is 30.2 Å². The molecule has 1 atom stereocenters. The first-order chi connectivity index (χ1) is 8.95. The summed E-state index contributed by atoms with van der Waals surface area (Å²) < 4.78 is 1.23. The molecule has 0 spiro atoms. The van der Waals surface area contributed by atoms with Crippen molar-refractivity contribution in [2.24, 2.45) is 5.92 Å². The fourth-order valence-corrected chi connectivity index (χ4v) is 1.88. The van der Waals surface area contributed by atoms with Gasteiger partial charge in [0, 0.05) is 6.04 Å². The Bertz CT molecular complexity index is 516. The van der Waals surface area contributed by atoms with Crippen molar-refractivity contribution in [3.63, 3.8) is 0 Å². The second kappa shape index (κ2) is 7.20. The molecule has 0 aliphatic rings. The van der Waals surface area contributed by atoms with Crippen molar-refractivity contribution in [2.75, 3.05) is 5.32 Å². The molecule has 0 bridgehead atoms. The molecule has 0 radical (unpaired) electrons. The van der Waals surface area contributed by atoms with Gasteiger partial charge < -0.3 is 5.32 Å². The highest BCUT2D eigenvalue weighted by atomic mass is 35.5. The fourth-order valence-electron chi connectivity index (χ4n) is 1.70. The summed E-state index contributed by atoms with van der Waals surface area (Å²) in [6, 6.07) is 0.175. The van der Waals surface area contributed by atoms with Gasteiger partial charge in [-0.1, -0.05) is 31.4 Å². The fraction of sp³-hybridized carbons (Fsp3) is 0.571. The molecule has 19 heavy (non-hydrogen) atoms. The minimum atomic E-state index is -0.276. The lowest BCUT2D eigenvalue weighted by atomic mass is 10.0. The van der Waals surface area contributed by atoms with Crippen LogP contribution < -0.4 is 10.9 Å². The first-order valence-corrected chi connectivity index (χ1v) is 6.79. The van der Waals surface area contributed by atoms with Gasteiger partial charge in [0.2, 0.25) is 0 Å². The molecular weight excluding hydrogens is 262 g/mol. The van der Waals surface area contributed by atoms with Crippen LogP contribution in [0.3, 0.4) is 0 Å². The number of nitrogens with zero attached hydrogens (tertiary/aromatic N) is 2. The summed E-state index contributed by atoms with van der Waals surface area (Å²) in [6.45, 7) is 6.52. The molecular formula is C14H20ClN3O. The van der Waals surface area contributed by atoms with Crippen LogP contribution >= 0.6 is 11.6 Å². The number of rotatable bonds is 6. The standard InChI is InChI=1S/C14H20ClN3O/c1-5-8-18-14(19)13(12(15)9-16-18)17-11(4)7-6-10(2)3/h1,9-11,17H,6-8H2,2-4H3. The lowest BCUT2D eigenvalue weighted by molar-refractivity contribution is 0.527. The van der Waals surface area contributed by atoms with Crippen LogP contribution in [0.15, 0.2) is 11.0 Å². The van der Waals surface area contributed by atoms with Gasteiger partial charge >= 0.3 is 0 Å². The van der Waals surface area contributed by atoms with Gasteiger partial charge in [-0.15, -0.1) is 6.42 Å². The summed E-state index contributed by atoms with van der Waals surface area (Å²) in [7, 11) is 0. The quantitative estimate of drug-likeness (QED) is 0.816. The zero-order chi connectivity index (χ0) is 14.4. The van der Waals surface area contributed by atoms with E-state index in [1.54, 1.807) is 0 Å².